The largest absolute Gasteiger partial charge is 0.756 e. The molecule has 0 spiro atoms. The number of nitrogens with one attached hydrogen (secondary N) is 1. The zero-order valence-corrected chi connectivity index (χ0v) is 48.5. The highest BCUT2D eigenvalue weighted by Gasteiger charge is 2.27. The summed E-state index contributed by atoms with van der Waals surface area (Å²) in [5, 5.41) is 3.01. The van der Waals surface area contributed by atoms with Crippen molar-refractivity contribution in [1.29, 1.82) is 0 Å². The van der Waals surface area contributed by atoms with Gasteiger partial charge in [-0.05, 0) is 76.7 Å². The Balaban J connectivity index is 5.39. The van der Waals surface area contributed by atoms with Crippen LogP contribution in [0, 0.1) is 0 Å². The zero-order valence-electron chi connectivity index (χ0n) is 47.6. The number of amides is 1. The number of carbonyl (C=O) groups excluding carboxylic acids is 2. The van der Waals surface area contributed by atoms with Gasteiger partial charge in [0.1, 0.15) is 19.3 Å². The van der Waals surface area contributed by atoms with Crippen LogP contribution in [0.1, 0.15) is 258 Å². The minimum Gasteiger partial charge on any atom is -0.756 e. The third kappa shape index (κ3) is 52.3. The Kier molecular flexibility index (Phi) is 50.1. The predicted octanol–water partition coefficient (Wildman–Crippen LogP) is 17.4. The number of nitrogens with zero attached hydrogens (tertiary/aromatic N) is 1. The number of phosphoric acid groups is 1. The Morgan fingerprint density at radius 2 is 0.889 bits per heavy atom. The number of hydrogen-bond donors (Lipinski definition) is 1. The molecular weight excluding hydrogens is 916 g/mol. The number of allylic oxidation sites excluding steroid dienone is 11. The highest BCUT2D eigenvalue weighted by Crippen LogP contribution is 2.38. The lowest BCUT2D eigenvalue weighted by atomic mass is 10.0. The van der Waals surface area contributed by atoms with Crippen LogP contribution in [0.5, 0.6) is 0 Å². The van der Waals surface area contributed by atoms with Gasteiger partial charge in [0, 0.05) is 12.8 Å². The van der Waals surface area contributed by atoms with Crippen LogP contribution in [0.2, 0.25) is 0 Å². The molecule has 0 fully saturated rings. The Morgan fingerprint density at radius 1 is 0.500 bits per heavy atom. The van der Waals surface area contributed by atoms with Gasteiger partial charge in [0.05, 0.1) is 33.8 Å². The van der Waals surface area contributed by atoms with Gasteiger partial charge in [-0.2, -0.15) is 0 Å². The summed E-state index contributed by atoms with van der Waals surface area (Å²) in [4.78, 5) is 39.9. The molecule has 72 heavy (non-hydrogen) atoms. The summed E-state index contributed by atoms with van der Waals surface area (Å²) in [5.41, 5.74) is 0. The number of carbonyl (C=O) groups is 2. The lowest BCUT2D eigenvalue weighted by Gasteiger charge is -2.30. The molecule has 0 radical (unpaired) electrons. The average Bonchev–Trinajstić information content (AvgIpc) is 3.34. The molecule has 0 aliphatic heterocycles. The van der Waals surface area contributed by atoms with Crippen molar-refractivity contribution in [2.45, 2.75) is 270 Å². The minimum atomic E-state index is -4.71. The predicted molar refractivity (Wildman–Crippen MR) is 307 cm³/mol. The maximum atomic E-state index is 13.5. The fourth-order valence-corrected chi connectivity index (χ4v) is 9.04. The highest BCUT2D eigenvalue weighted by atomic mass is 31.2. The van der Waals surface area contributed by atoms with Gasteiger partial charge in [0.15, 0.2) is 0 Å². The lowest BCUT2D eigenvalue weighted by molar-refractivity contribution is -0.870. The molecule has 0 aromatic heterocycles. The summed E-state index contributed by atoms with van der Waals surface area (Å²) < 4.78 is 30.3. The Morgan fingerprint density at radius 3 is 1.35 bits per heavy atom. The van der Waals surface area contributed by atoms with Gasteiger partial charge in [-0.3, -0.25) is 14.2 Å². The smallest absolute Gasteiger partial charge is 0.306 e. The quantitative estimate of drug-likeness (QED) is 0.0212. The third-order valence-electron chi connectivity index (χ3n) is 12.9. The van der Waals surface area contributed by atoms with Crippen molar-refractivity contribution in [3.05, 3.63) is 72.9 Å². The molecule has 3 unspecified atom stereocenters. The highest BCUT2D eigenvalue weighted by molar-refractivity contribution is 7.45. The molecule has 0 saturated heterocycles. The molecule has 3 atom stereocenters. The maximum absolute atomic E-state index is 13.5. The zero-order chi connectivity index (χ0) is 52.9. The van der Waals surface area contributed by atoms with Gasteiger partial charge in [0.25, 0.3) is 7.82 Å². The fraction of sp³-hybridized carbons (Fsp3) is 0.774. The van der Waals surface area contributed by atoms with E-state index in [9.17, 15) is 19.0 Å². The van der Waals surface area contributed by atoms with Gasteiger partial charge in [-0.15, -0.1) is 0 Å². The monoisotopic (exact) mass is 1030 g/mol. The van der Waals surface area contributed by atoms with Gasteiger partial charge in [0.2, 0.25) is 5.91 Å². The Hall–Kier alpha value is -2.55. The van der Waals surface area contributed by atoms with E-state index in [4.69, 9.17) is 13.8 Å². The van der Waals surface area contributed by atoms with Crippen LogP contribution in [0.4, 0.5) is 0 Å². The summed E-state index contributed by atoms with van der Waals surface area (Å²) in [5.74, 6) is -0.575. The first-order valence-corrected chi connectivity index (χ1v) is 31.2. The van der Waals surface area contributed by atoms with Crippen molar-refractivity contribution in [3.8, 4) is 0 Å². The number of quaternary nitrogens is 1. The van der Waals surface area contributed by atoms with Gasteiger partial charge in [-0.1, -0.05) is 242 Å². The van der Waals surface area contributed by atoms with E-state index in [-0.39, 0.29) is 31.3 Å². The molecule has 0 saturated carbocycles. The van der Waals surface area contributed by atoms with Crippen molar-refractivity contribution >= 4 is 19.7 Å². The van der Waals surface area contributed by atoms with Crippen molar-refractivity contribution in [3.63, 3.8) is 0 Å². The number of phosphoric ester groups is 1. The average molecular weight is 1030 g/mol. The number of rotatable bonds is 53. The van der Waals surface area contributed by atoms with Crippen LogP contribution in [0.15, 0.2) is 72.9 Å². The molecule has 0 bridgehead atoms. The van der Waals surface area contributed by atoms with E-state index in [1.54, 1.807) is 0 Å². The second-order valence-electron chi connectivity index (χ2n) is 21.1. The molecule has 418 valence electrons. The molecule has 0 aliphatic carbocycles. The van der Waals surface area contributed by atoms with Crippen LogP contribution < -0.4 is 10.2 Å². The van der Waals surface area contributed by atoms with Crippen molar-refractivity contribution in [1.82, 2.24) is 5.32 Å². The van der Waals surface area contributed by atoms with Gasteiger partial charge < -0.3 is 28.5 Å². The molecule has 0 aromatic rings. The summed E-state index contributed by atoms with van der Waals surface area (Å²) in [6.45, 7) is 6.71. The number of likely N-dealkylation sites (N-methyl/N-ethyl adjacent to an activating group) is 1. The van der Waals surface area contributed by atoms with Crippen LogP contribution in [-0.2, 0) is 27.9 Å². The van der Waals surface area contributed by atoms with Gasteiger partial charge in [-0.25, -0.2) is 0 Å². The molecule has 1 amide bonds. The number of hydrogen-bond acceptors (Lipinski definition) is 7. The lowest BCUT2D eigenvalue weighted by Crippen LogP contribution is -2.47. The van der Waals surface area contributed by atoms with E-state index in [0.29, 0.717) is 17.4 Å². The standard InChI is InChI=1S/C62H113N2O7P/c1-7-10-13-16-19-22-25-28-30-31-32-33-34-36-39-42-45-48-51-54-61(65)63-59(58-70-72(67,68)69-57-56-64(4,5)6)60(53-50-47-44-41-38-35-27-24-21-18-15-12-9-3)71-62(66)55-52-49-46-43-40-37-29-26-23-20-17-14-11-8-2/h10,13,19,22,28,30,32-33,36,39,50,53,59-60H,7-9,11-12,14-18,20-21,23-27,29,31,34-35,37-38,40-49,51-52,54-58H2,1-6H3,(H-,63,65,67,68)/b13-10-,22-19-,30-28-,33-32-,39-36-,53-50-. The van der Waals surface area contributed by atoms with E-state index in [2.05, 4.69) is 86.8 Å². The molecule has 0 aliphatic rings. The van der Waals surface area contributed by atoms with Crippen molar-refractivity contribution in [2.24, 2.45) is 0 Å². The Bertz CT molecular complexity index is 1460. The normalized spacial score (nSPS) is 14.3. The van der Waals surface area contributed by atoms with Gasteiger partial charge >= 0.3 is 5.97 Å². The second kappa shape index (κ2) is 51.9. The molecule has 0 aromatic carbocycles. The number of unbranched alkanes of at least 4 members (excludes halogenated alkanes) is 27. The van der Waals surface area contributed by atoms with Crippen LogP contribution in [-0.4, -0.2) is 69.4 Å². The topological polar surface area (TPSA) is 114 Å². The van der Waals surface area contributed by atoms with E-state index in [1.165, 1.54) is 128 Å². The molecular formula is C62H113N2O7P. The second-order valence-corrected chi connectivity index (χ2v) is 22.5. The van der Waals surface area contributed by atoms with Crippen LogP contribution >= 0.6 is 7.82 Å². The number of esters is 1. The third-order valence-corrected chi connectivity index (χ3v) is 13.9. The minimum absolute atomic E-state index is 0.0304. The van der Waals surface area contributed by atoms with E-state index in [0.717, 1.165) is 89.9 Å². The number of ether oxygens (including phenoxy) is 1. The summed E-state index contributed by atoms with van der Waals surface area (Å²) >= 11 is 0. The van der Waals surface area contributed by atoms with Crippen molar-refractivity contribution < 1.29 is 37.3 Å². The molecule has 10 heteroatoms. The first-order chi connectivity index (χ1) is 34.9. The van der Waals surface area contributed by atoms with E-state index >= 15 is 0 Å². The van der Waals surface area contributed by atoms with E-state index < -0.39 is 26.6 Å². The SMILES string of the molecule is CC/C=C\C/C=C\C/C=C\C/C=C\C/C=C\CCCCCC(=O)NC(COP(=O)([O-])OCC[N+](C)(C)C)C(/C=C\CCCCCCCCCCCCC)OC(=O)CCCCCCCCCCCCCCCC. The maximum Gasteiger partial charge on any atom is 0.306 e. The Labute approximate surface area is 444 Å². The van der Waals surface area contributed by atoms with E-state index in [1.807, 2.05) is 33.3 Å². The molecule has 9 nitrogen and oxygen atoms in total. The molecule has 1 N–H and O–H groups in total. The first kappa shape index (κ1) is 69.5. The summed E-state index contributed by atoms with van der Waals surface area (Å²) in [6, 6.07) is -0.906. The molecule has 0 rings (SSSR count). The van der Waals surface area contributed by atoms with Crippen LogP contribution in [0.3, 0.4) is 0 Å². The fourth-order valence-electron chi connectivity index (χ4n) is 8.31. The van der Waals surface area contributed by atoms with Crippen LogP contribution in [0.25, 0.3) is 0 Å². The molecule has 0 heterocycles. The first-order valence-electron chi connectivity index (χ1n) is 29.7. The summed E-state index contributed by atoms with van der Waals surface area (Å²) in [7, 11) is 1.16. The summed E-state index contributed by atoms with van der Waals surface area (Å²) in [6.07, 6.45) is 65.8. The van der Waals surface area contributed by atoms with Crippen molar-refractivity contribution in [2.75, 3.05) is 40.9 Å².